The van der Waals surface area contributed by atoms with Crippen molar-refractivity contribution in [2.45, 2.75) is 45.6 Å². The second kappa shape index (κ2) is 11.0. The van der Waals surface area contributed by atoms with Crippen molar-refractivity contribution < 1.29 is 22.3 Å². The Morgan fingerprint density at radius 3 is 2.31 bits per heavy atom. The fourth-order valence-electron chi connectivity index (χ4n) is 4.10. The first-order chi connectivity index (χ1) is 16.4. The summed E-state index contributed by atoms with van der Waals surface area (Å²) in [5.74, 6) is -0.170. The van der Waals surface area contributed by atoms with E-state index in [1.807, 2.05) is 0 Å². The summed E-state index contributed by atoms with van der Waals surface area (Å²) in [6.45, 7) is 7.61. The van der Waals surface area contributed by atoms with Crippen LogP contribution in [0.1, 0.15) is 40.0 Å². The molecule has 0 unspecified atom stereocenters. The van der Waals surface area contributed by atoms with Crippen LogP contribution >= 0.6 is 11.6 Å². The van der Waals surface area contributed by atoms with Crippen LogP contribution in [0.15, 0.2) is 42.5 Å². The van der Waals surface area contributed by atoms with Crippen molar-refractivity contribution in [3.05, 3.63) is 53.3 Å². The molecule has 1 saturated heterocycles. The summed E-state index contributed by atoms with van der Waals surface area (Å²) >= 11 is 5.84. The van der Waals surface area contributed by atoms with Gasteiger partial charge in [0.15, 0.2) is 0 Å². The number of rotatable bonds is 4. The molecule has 35 heavy (non-hydrogen) atoms. The molecule has 2 aliphatic heterocycles. The number of carbonyl (C=O) groups excluding carboxylic acids is 1. The molecule has 0 atom stereocenters. The molecule has 0 aliphatic carbocycles. The maximum absolute atomic E-state index is 14.5. The van der Waals surface area contributed by atoms with Gasteiger partial charge in [-0.15, -0.1) is 0 Å². The maximum atomic E-state index is 14.5. The van der Waals surface area contributed by atoms with Gasteiger partial charge in [0.05, 0.1) is 17.1 Å². The first kappa shape index (κ1) is 27.0. The van der Waals surface area contributed by atoms with Gasteiger partial charge in [-0.1, -0.05) is 23.7 Å². The van der Waals surface area contributed by atoms with Crippen LogP contribution < -0.4 is 19.7 Å². The van der Waals surface area contributed by atoms with Gasteiger partial charge in [0, 0.05) is 11.6 Å². The van der Waals surface area contributed by atoms with Crippen LogP contribution in [0.5, 0.6) is 0 Å². The summed E-state index contributed by atoms with van der Waals surface area (Å²) in [4.78, 5) is 10.0. The Morgan fingerprint density at radius 1 is 1.14 bits per heavy atom. The minimum atomic E-state index is -3.91. The van der Waals surface area contributed by atoms with E-state index in [0.29, 0.717) is 23.8 Å². The molecular weight excluding hydrogens is 495 g/mol. The smallest absolute Gasteiger partial charge is 0.405 e. The zero-order valence-corrected chi connectivity index (χ0v) is 21.7. The van der Waals surface area contributed by atoms with Crippen LogP contribution in [0, 0.1) is 11.7 Å². The van der Waals surface area contributed by atoms with Crippen molar-refractivity contribution in [3.63, 3.8) is 0 Å². The van der Waals surface area contributed by atoms with Gasteiger partial charge in [0.1, 0.15) is 11.4 Å². The summed E-state index contributed by atoms with van der Waals surface area (Å²) < 4.78 is 48.2. The van der Waals surface area contributed by atoms with Crippen molar-refractivity contribution in [2.75, 3.05) is 28.2 Å². The first-order valence-electron chi connectivity index (χ1n) is 11.5. The zero-order chi connectivity index (χ0) is 25.8. The van der Waals surface area contributed by atoms with E-state index in [9.17, 15) is 17.6 Å². The van der Waals surface area contributed by atoms with Crippen LogP contribution in [0.4, 0.5) is 26.2 Å². The lowest BCUT2D eigenvalue weighted by molar-refractivity contribution is 0.0600. The molecule has 0 saturated carbocycles. The van der Waals surface area contributed by atoms with E-state index in [2.05, 4.69) is 10.1 Å². The van der Waals surface area contributed by atoms with E-state index in [-0.39, 0.29) is 10.7 Å². The average molecular weight is 527 g/mol. The normalized spacial score (nSPS) is 17.4. The SMILES string of the molecule is CC(C)(C)OC(N)=O.O=S1(=O)N(CCC2CCNCC2)c2ccccc2N1c1ccc(Cl)cc1F. The average Bonchev–Trinajstić information content (AvgIpc) is 2.98. The van der Waals surface area contributed by atoms with Crippen LogP contribution in [0.2, 0.25) is 5.02 Å². The molecule has 2 aliphatic rings. The Bertz CT molecular complexity index is 1150. The number of hydrogen-bond acceptors (Lipinski definition) is 5. The fourth-order valence-corrected chi connectivity index (χ4v) is 6.00. The van der Waals surface area contributed by atoms with E-state index in [1.54, 1.807) is 45.0 Å². The third-order valence-corrected chi connectivity index (χ3v) is 7.64. The van der Waals surface area contributed by atoms with Gasteiger partial charge in [-0.05, 0) is 89.4 Å². The maximum Gasteiger partial charge on any atom is 0.405 e. The van der Waals surface area contributed by atoms with Crippen LogP contribution in [-0.2, 0) is 14.9 Å². The minimum absolute atomic E-state index is 0.0174. The van der Waals surface area contributed by atoms with Crippen LogP contribution in [0.3, 0.4) is 0 Å². The lowest BCUT2D eigenvalue weighted by atomic mass is 9.95. The summed E-state index contributed by atoms with van der Waals surface area (Å²) in [6.07, 6.45) is 2.15. The molecule has 3 N–H and O–H groups in total. The highest BCUT2D eigenvalue weighted by atomic mass is 35.5. The van der Waals surface area contributed by atoms with Gasteiger partial charge in [-0.25, -0.2) is 13.5 Å². The molecule has 2 aromatic carbocycles. The summed E-state index contributed by atoms with van der Waals surface area (Å²) in [7, 11) is -3.91. The molecule has 2 aromatic rings. The number of primary amides is 1. The van der Waals surface area contributed by atoms with Gasteiger partial charge in [-0.3, -0.25) is 4.31 Å². The fraction of sp³-hybridized carbons (Fsp3) is 0.458. The van der Waals surface area contributed by atoms with Crippen molar-refractivity contribution in [1.82, 2.24) is 5.32 Å². The monoisotopic (exact) mass is 526 g/mol. The number of nitrogens with two attached hydrogens (primary N) is 1. The lowest BCUT2D eigenvalue weighted by Gasteiger charge is -2.26. The third kappa shape index (κ3) is 6.77. The molecular formula is C24H32ClFN4O4S. The molecule has 4 rings (SSSR count). The second-order valence-electron chi connectivity index (χ2n) is 9.44. The number of halogens is 2. The highest BCUT2D eigenvalue weighted by molar-refractivity contribution is 7.95. The Balaban J connectivity index is 0.000000371. The number of hydrogen-bond donors (Lipinski definition) is 2. The number of benzene rings is 2. The number of para-hydroxylation sites is 2. The van der Waals surface area contributed by atoms with E-state index < -0.39 is 27.7 Å². The standard InChI is InChI=1S/C19H21ClFN3O2S.C5H11NO2/c20-15-5-6-17(16(21)13-15)24-19-4-2-1-3-18(19)23(27(24,25)26)12-9-14-7-10-22-11-8-14;1-5(2,3)8-4(6)7/h1-6,13-14,22H,7-12H2;1-3H3,(H2,6,7). The van der Waals surface area contributed by atoms with E-state index in [0.717, 1.165) is 42.7 Å². The topological polar surface area (TPSA) is 105 Å². The molecule has 2 heterocycles. The highest BCUT2D eigenvalue weighted by Crippen LogP contribution is 2.46. The summed E-state index contributed by atoms with van der Waals surface area (Å²) in [6, 6.07) is 11.1. The van der Waals surface area contributed by atoms with E-state index in [1.165, 1.54) is 16.4 Å². The summed E-state index contributed by atoms with van der Waals surface area (Å²) in [5, 5.41) is 3.55. The van der Waals surface area contributed by atoms with Crippen LogP contribution in [0.25, 0.3) is 0 Å². The minimum Gasteiger partial charge on any atom is -0.444 e. The Labute approximate surface area is 211 Å². The van der Waals surface area contributed by atoms with Gasteiger partial charge in [0.2, 0.25) is 0 Å². The Hall–Kier alpha value is -2.56. The largest absolute Gasteiger partial charge is 0.444 e. The van der Waals surface area contributed by atoms with Crippen molar-refractivity contribution >= 4 is 45.0 Å². The van der Waals surface area contributed by atoms with Crippen molar-refractivity contribution in [2.24, 2.45) is 11.7 Å². The number of anilines is 3. The van der Waals surface area contributed by atoms with Gasteiger partial charge < -0.3 is 15.8 Å². The third-order valence-electron chi connectivity index (χ3n) is 5.61. The summed E-state index contributed by atoms with van der Waals surface area (Å²) in [5.41, 5.74) is 5.29. The molecule has 0 radical (unpaired) electrons. The molecule has 1 fully saturated rings. The van der Waals surface area contributed by atoms with Crippen LogP contribution in [-0.4, -0.2) is 39.7 Å². The number of piperidine rings is 1. The number of fused-ring (bicyclic) bond motifs is 1. The highest BCUT2D eigenvalue weighted by Gasteiger charge is 2.42. The first-order valence-corrected chi connectivity index (χ1v) is 13.2. The molecule has 8 nitrogen and oxygen atoms in total. The number of ether oxygens (including phenoxy) is 1. The van der Waals surface area contributed by atoms with Crippen molar-refractivity contribution in [1.29, 1.82) is 0 Å². The quantitative estimate of drug-likeness (QED) is 0.586. The van der Waals surface area contributed by atoms with E-state index >= 15 is 0 Å². The molecule has 1 amide bonds. The number of nitrogens with zero attached hydrogens (tertiary/aromatic N) is 2. The Kier molecular flexibility index (Phi) is 8.50. The number of nitrogens with one attached hydrogen (secondary N) is 1. The molecule has 0 bridgehead atoms. The van der Waals surface area contributed by atoms with Gasteiger partial charge >= 0.3 is 16.3 Å². The predicted octanol–water partition coefficient (Wildman–Crippen LogP) is 4.95. The molecule has 0 spiro atoms. The number of carbonyl (C=O) groups is 1. The van der Waals surface area contributed by atoms with Gasteiger partial charge in [0.25, 0.3) is 0 Å². The molecule has 11 heteroatoms. The molecule has 0 aromatic heterocycles. The lowest BCUT2D eigenvalue weighted by Crippen LogP contribution is -2.37. The van der Waals surface area contributed by atoms with Gasteiger partial charge in [-0.2, -0.15) is 8.42 Å². The van der Waals surface area contributed by atoms with Crippen molar-refractivity contribution in [3.8, 4) is 0 Å². The zero-order valence-electron chi connectivity index (χ0n) is 20.1. The predicted molar refractivity (Wildman–Crippen MR) is 137 cm³/mol. The van der Waals surface area contributed by atoms with E-state index in [4.69, 9.17) is 17.3 Å². The number of amides is 1. The Morgan fingerprint density at radius 2 is 1.77 bits per heavy atom. The second-order valence-corrected chi connectivity index (χ2v) is 11.6. The molecule has 192 valence electrons.